The highest BCUT2D eigenvalue weighted by Crippen LogP contribution is 2.13. The standard InChI is InChI=1S/C18H18FN3OS/c19-16-6-2-1-5-14(16)11-20-18(23)8-10-24-13-15-12-22-9-4-3-7-17(22)21-15/h1-7,9,12H,8,10-11,13H2,(H,20,23). The number of benzene rings is 1. The Morgan fingerprint density at radius 2 is 2.04 bits per heavy atom. The predicted molar refractivity (Wildman–Crippen MR) is 94.2 cm³/mol. The normalized spacial score (nSPS) is 10.9. The Labute approximate surface area is 144 Å². The second kappa shape index (κ2) is 7.97. The fraction of sp³-hybridized carbons (Fsp3) is 0.222. The monoisotopic (exact) mass is 343 g/mol. The minimum Gasteiger partial charge on any atom is -0.352 e. The van der Waals surface area contributed by atoms with E-state index in [1.807, 2.05) is 35.0 Å². The highest BCUT2D eigenvalue weighted by atomic mass is 32.2. The van der Waals surface area contributed by atoms with Crippen LogP contribution >= 0.6 is 11.8 Å². The summed E-state index contributed by atoms with van der Waals surface area (Å²) >= 11 is 1.66. The molecule has 3 aromatic rings. The van der Waals surface area contributed by atoms with Gasteiger partial charge in [-0.25, -0.2) is 9.37 Å². The number of thioether (sulfide) groups is 1. The summed E-state index contributed by atoms with van der Waals surface area (Å²) in [5.74, 6) is 1.11. The van der Waals surface area contributed by atoms with Crippen LogP contribution < -0.4 is 5.32 Å². The first-order valence-corrected chi connectivity index (χ1v) is 8.88. The van der Waals surface area contributed by atoms with Crippen molar-refractivity contribution in [3.05, 3.63) is 71.9 Å². The number of carbonyl (C=O) groups is 1. The lowest BCUT2D eigenvalue weighted by atomic mass is 10.2. The van der Waals surface area contributed by atoms with E-state index in [0.717, 1.165) is 17.1 Å². The largest absolute Gasteiger partial charge is 0.352 e. The molecule has 0 aliphatic carbocycles. The fourth-order valence-electron chi connectivity index (χ4n) is 2.32. The zero-order valence-corrected chi connectivity index (χ0v) is 13.9. The van der Waals surface area contributed by atoms with Gasteiger partial charge >= 0.3 is 0 Å². The number of pyridine rings is 1. The van der Waals surface area contributed by atoms with E-state index in [4.69, 9.17) is 0 Å². The molecule has 24 heavy (non-hydrogen) atoms. The maximum Gasteiger partial charge on any atom is 0.221 e. The third kappa shape index (κ3) is 4.35. The summed E-state index contributed by atoms with van der Waals surface area (Å²) < 4.78 is 15.4. The lowest BCUT2D eigenvalue weighted by Crippen LogP contribution is -2.23. The van der Waals surface area contributed by atoms with Gasteiger partial charge in [0.25, 0.3) is 0 Å². The Balaban J connectivity index is 1.38. The van der Waals surface area contributed by atoms with E-state index in [1.54, 1.807) is 30.0 Å². The van der Waals surface area contributed by atoms with Gasteiger partial charge in [0.2, 0.25) is 5.91 Å². The molecule has 0 bridgehead atoms. The van der Waals surface area contributed by atoms with Gasteiger partial charge < -0.3 is 9.72 Å². The number of fused-ring (bicyclic) bond motifs is 1. The number of rotatable bonds is 7. The van der Waals surface area contributed by atoms with Gasteiger partial charge in [-0.3, -0.25) is 4.79 Å². The van der Waals surface area contributed by atoms with Crippen molar-refractivity contribution in [3.8, 4) is 0 Å². The van der Waals surface area contributed by atoms with Crippen molar-refractivity contribution in [2.75, 3.05) is 5.75 Å². The van der Waals surface area contributed by atoms with Gasteiger partial charge in [-0.1, -0.05) is 24.3 Å². The number of hydrogen-bond acceptors (Lipinski definition) is 3. The van der Waals surface area contributed by atoms with E-state index in [9.17, 15) is 9.18 Å². The van der Waals surface area contributed by atoms with Crippen LogP contribution in [0.25, 0.3) is 5.65 Å². The average Bonchev–Trinajstić information content (AvgIpc) is 3.01. The van der Waals surface area contributed by atoms with Crippen molar-refractivity contribution < 1.29 is 9.18 Å². The molecule has 6 heteroatoms. The molecule has 0 unspecified atom stereocenters. The van der Waals surface area contributed by atoms with Gasteiger partial charge in [0.1, 0.15) is 11.5 Å². The molecular formula is C18H18FN3OS. The van der Waals surface area contributed by atoms with Gasteiger partial charge in [-0.15, -0.1) is 0 Å². The van der Waals surface area contributed by atoms with Crippen LogP contribution in [0.5, 0.6) is 0 Å². The van der Waals surface area contributed by atoms with Crippen molar-refractivity contribution >= 4 is 23.3 Å². The first kappa shape index (κ1) is 16.5. The minimum absolute atomic E-state index is 0.0687. The Bertz CT molecular complexity index is 801. The summed E-state index contributed by atoms with van der Waals surface area (Å²) in [5, 5.41) is 2.75. The molecule has 1 aromatic carbocycles. The fourth-order valence-corrected chi connectivity index (χ4v) is 3.14. The molecule has 0 aliphatic heterocycles. The van der Waals surface area contributed by atoms with Gasteiger partial charge in [0.05, 0.1) is 5.69 Å². The van der Waals surface area contributed by atoms with E-state index in [0.29, 0.717) is 17.7 Å². The molecule has 124 valence electrons. The van der Waals surface area contributed by atoms with Crippen LogP contribution in [0.1, 0.15) is 17.7 Å². The molecule has 0 fully saturated rings. The third-order valence-corrected chi connectivity index (χ3v) is 4.56. The first-order valence-electron chi connectivity index (χ1n) is 7.73. The SMILES string of the molecule is O=C(CCSCc1cn2ccccc2n1)NCc1ccccc1F. The van der Waals surface area contributed by atoms with Crippen molar-refractivity contribution in [2.45, 2.75) is 18.7 Å². The Hall–Kier alpha value is -2.34. The number of imidazole rings is 1. The van der Waals surface area contributed by atoms with Crippen LogP contribution in [-0.4, -0.2) is 21.0 Å². The summed E-state index contributed by atoms with van der Waals surface area (Å²) in [7, 11) is 0. The Morgan fingerprint density at radius 3 is 2.88 bits per heavy atom. The molecule has 0 radical (unpaired) electrons. The number of amides is 1. The third-order valence-electron chi connectivity index (χ3n) is 3.57. The number of hydrogen-bond donors (Lipinski definition) is 1. The Kier molecular flexibility index (Phi) is 5.48. The van der Waals surface area contributed by atoms with E-state index in [2.05, 4.69) is 10.3 Å². The molecule has 0 spiro atoms. The number of nitrogens with one attached hydrogen (secondary N) is 1. The van der Waals surface area contributed by atoms with Gasteiger partial charge in [-0.05, 0) is 18.2 Å². The second-order valence-electron chi connectivity index (χ2n) is 5.37. The van der Waals surface area contributed by atoms with Crippen LogP contribution in [-0.2, 0) is 17.1 Å². The second-order valence-corrected chi connectivity index (χ2v) is 6.47. The Morgan fingerprint density at radius 1 is 1.21 bits per heavy atom. The zero-order valence-electron chi connectivity index (χ0n) is 13.1. The number of carbonyl (C=O) groups excluding carboxylic acids is 1. The molecule has 0 saturated heterocycles. The maximum atomic E-state index is 13.5. The molecule has 0 saturated carbocycles. The van der Waals surface area contributed by atoms with E-state index >= 15 is 0 Å². The number of aromatic nitrogens is 2. The zero-order chi connectivity index (χ0) is 16.8. The minimum atomic E-state index is -0.293. The quantitative estimate of drug-likeness (QED) is 0.669. The summed E-state index contributed by atoms with van der Waals surface area (Å²) in [6.45, 7) is 0.225. The van der Waals surface area contributed by atoms with Gasteiger partial charge in [0.15, 0.2) is 0 Å². The first-order chi connectivity index (χ1) is 11.7. The van der Waals surface area contributed by atoms with Crippen LogP contribution in [0.15, 0.2) is 54.9 Å². The van der Waals surface area contributed by atoms with Crippen molar-refractivity contribution in [1.82, 2.24) is 14.7 Å². The van der Waals surface area contributed by atoms with E-state index < -0.39 is 0 Å². The average molecular weight is 343 g/mol. The van der Waals surface area contributed by atoms with Crippen molar-refractivity contribution in [1.29, 1.82) is 0 Å². The van der Waals surface area contributed by atoms with Gasteiger partial charge in [0, 0.05) is 42.4 Å². The summed E-state index contributed by atoms with van der Waals surface area (Å²) in [6, 6.07) is 12.3. The topological polar surface area (TPSA) is 46.4 Å². The lowest BCUT2D eigenvalue weighted by molar-refractivity contribution is -0.120. The molecular weight excluding hydrogens is 325 g/mol. The number of nitrogens with zero attached hydrogens (tertiary/aromatic N) is 2. The van der Waals surface area contributed by atoms with Crippen LogP contribution in [0.2, 0.25) is 0 Å². The molecule has 3 rings (SSSR count). The molecule has 0 aliphatic rings. The summed E-state index contributed by atoms with van der Waals surface area (Å²) in [6.07, 6.45) is 4.37. The lowest BCUT2D eigenvalue weighted by Gasteiger charge is -2.06. The molecule has 4 nitrogen and oxygen atoms in total. The molecule has 2 heterocycles. The molecule has 2 aromatic heterocycles. The van der Waals surface area contributed by atoms with E-state index in [-0.39, 0.29) is 18.3 Å². The van der Waals surface area contributed by atoms with Crippen LogP contribution in [0.4, 0.5) is 4.39 Å². The van der Waals surface area contributed by atoms with Crippen LogP contribution in [0.3, 0.4) is 0 Å². The van der Waals surface area contributed by atoms with Crippen LogP contribution in [0, 0.1) is 5.82 Å². The highest BCUT2D eigenvalue weighted by molar-refractivity contribution is 7.98. The van der Waals surface area contributed by atoms with Gasteiger partial charge in [-0.2, -0.15) is 11.8 Å². The highest BCUT2D eigenvalue weighted by Gasteiger charge is 2.06. The predicted octanol–water partition coefficient (Wildman–Crippen LogP) is 3.41. The smallest absolute Gasteiger partial charge is 0.221 e. The maximum absolute atomic E-state index is 13.5. The molecule has 1 N–H and O–H groups in total. The molecule has 1 amide bonds. The summed E-state index contributed by atoms with van der Waals surface area (Å²) in [5.41, 5.74) is 2.43. The molecule has 0 atom stereocenters. The summed E-state index contributed by atoms with van der Waals surface area (Å²) in [4.78, 5) is 16.3. The number of halogens is 1. The van der Waals surface area contributed by atoms with Crippen molar-refractivity contribution in [3.63, 3.8) is 0 Å². The van der Waals surface area contributed by atoms with E-state index in [1.165, 1.54) is 6.07 Å². The van der Waals surface area contributed by atoms with Crippen molar-refractivity contribution in [2.24, 2.45) is 0 Å².